The van der Waals surface area contributed by atoms with Crippen molar-refractivity contribution >= 4 is 23.5 Å². The zero-order chi connectivity index (χ0) is 20.2. The van der Waals surface area contributed by atoms with Crippen molar-refractivity contribution in [2.24, 2.45) is 5.73 Å². The number of nitriles is 2. The fourth-order valence-electron chi connectivity index (χ4n) is 2.52. The molecule has 0 radical (unpaired) electrons. The average molecular weight is 366 g/mol. The van der Waals surface area contributed by atoms with Crippen LogP contribution in [0.15, 0.2) is 35.4 Å². The minimum atomic E-state index is -1.86. The summed E-state index contributed by atoms with van der Waals surface area (Å²) >= 11 is 0.806. The highest BCUT2D eigenvalue weighted by atomic mass is 32.2. The summed E-state index contributed by atoms with van der Waals surface area (Å²) in [6.07, 6.45) is 0.440. The highest BCUT2D eigenvalue weighted by molar-refractivity contribution is 8.00. The molecule has 0 unspecified atom stereocenters. The number of nitrogens with zero attached hydrogens (tertiary/aromatic N) is 4. The summed E-state index contributed by atoms with van der Waals surface area (Å²) in [6.45, 7) is 1.84. The van der Waals surface area contributed by atoms with Crippen LogP contribution in [-0.4, -0.2) is 25.0 Å². The van der Waals surface area contributed by atoms with Crippen LogP contribution in [0.25, 0.3) is 0 Å². The lowest BCUT2D eigenvalue weighted by atomic mass is 10.0. The van der Waals surface area contributed by atoms with E-state index in [9.17, 15) is 15.3 Å². The number of carbonyl (C=O) groups is 1. The second kappa shape index (κ2) is 8.37. The number of amides is 1. The number of carbonyl (C=O) groups excluding carboxylic acids is 1. The smallest absolute Gasteiger partial charge is 0.235 e. The molecule has 1 atom stereocenters. The number of hydrogen-bond acceptors (Lipinski definition) is 6. The molecule has 132 valence electrons. The highest BCUT2D eigenvalue weighted by Crippen LogP contribution is 2.39. The number of rotatable bonds is 6. The number of pyridine rings is 1. The molecule has 2 rings (SSSR count). The average Bonchev–Trinajstić information content (AvgIpc) is 2.67. The van der Waals surface area contributed by atoms with Gasteiger partial charge < -0.3 is 10.6 Å². The normalized spacial score (nSPS) is 13.0. The van der Waals surface area contributed by atoms with Crippen LogP contribution in [0.3, 0.4) is 0 Å². The molecule has 2 N–H and O–H groups in total. The van der Waals surface area contributed by atoms with Crippen LogP contribution in [0, 0.1) is 22.7 Å². The van der Waals surface area contributed by atoms with Gasteiger partial charge in [0.25, 0.3) is 0 Å². The van der Waals surface area contributed by atoms with Crippen molar-refractivity contribution in [3.05, 3.63) is 52.6 Å². The quantitative estimate of drug-likeness (QED) is 0.788. The van der Waals surface area contributed by atoms with Crippen molar-refractivity contribution in [1.82, 2.24) is 4.98 Å². The van der Waals surface area contributed by atoms with Gasteiger partial charge in [0, 0.05) is 14.1 Å². The molecule has 0 fully saturated rings. The molecular formula is C19H19N5OS. The van der Waals surface area contributed by atoms with Crippen molar-refractivity contribution in [3.8, 4) is 12.1 Å². The molecule has 0 saturated carbocycles. The van der Waals surface area contributed by atoms with E-state index >= 15 is 0 Å². The summed E-state index contributed by atoms with van der Waals surface area (Å²) in [5.41, 5.74) is 6.99. The van der Waals surface area contributed by atoms with Gasteiger partial charge in [-0.25, -0.2) is 4.98 Å². The number of nitrogens with two attached hydrogens (primary N) is 1. The Bertz CT molecular complexity index is 949. The van der Waals surface area contributed by atoms with Gasteiger partial charge in [-0.15, -0.1) is 0 Å². The van der Waals surface area contributed by atoms with Gasteiger partial charge in [0.1, 0.15) is 28.2 Å². The second-order valence-corrected chi connectivity index (χ2v) is 6.60. The molecule has 6 nitrogen and oxygen atoms in total. The van der Waals surface area contributed by atoms with Crippen molar-refractivity contribution in [2.75, 3.05) is 19.0 Å². The number of primary amides is 1. The van der Waals surface area contributed by atoms with Crippen molar-refractivity contribution in [1.29, 1.82) is 10.5 Å². The van der Waals surface area contributed by atoms with Crippen LogP contribution in [-0.2, 0) is 11.2 Å². The van der Waals surface area contributed by atoms with Gasteiger partial charge in [-0.2, -0.15) is 10.5 Å². The molecule has 1 amide bonds. The number of anilines is 1. The molecule has 2 aromatic rings. The maximum absolute atomic E-state index is 12.2. The van der Waals surface area contributed by atoms with E-state index in [2.05, 4.69) is 17.1 Å². The third-order valence-corrected chi connectivity index (χ3v) is 4.84. The molecule has 1 aromatic heterocycles. The van der Waals surface area contributed by atoms with Gasteiger partial charge in [0.15, 0.2) is 0 Å². The molecular weight excluding hydrogens is 346 g/mol. The van der Waals surface area contributed by atoms with E-state index in [1.165, 1.54) is 0 Å². The van der Waals surface area contributed by atoms with Crippen LogP contribution >= 0.6 is 11.8 Å². The summed E-state index contributed by atoms with van der Waals surface area (Å²) < 4.78 is 8.69. The first-order valence-electron chi connectivity index (χ1n) is 8.38. The van der Waals surface area contributed by atoms with Gasteiger partial charge in [-0.1, -0.05) is 49.0 Å². The van der Waals surface area contributed by atoms with Gasteiger partial charge in [-0.05, 0) is 17.5 Å². The summed E-state index contributed by atoms with van der Waals surface area (Å²) in [5.74, 6) is -0.478. The maximum Gasteiger partial charge on any atom is 0.235 e. The Morgan fingerprint density at radius 3 is 2.38 bits per heavy atom. The molecule has 1 heterocycles. The third kappa shape index (κ3) is 3.79. The Kier molecular flexibility index (Phi) is 5.73. The topological polar surface area (TPSA) is 107 Å². The van der Waals surface area contributed by atoms with E-state index in [4.69, 9.17) is 7.10 Å². The minimum absolute atomic E-state index is 0.193. The number of hydrogen-bond donors (Lipinski definition) is 1. The number of thioether (sulfide) groups is 1. The van der Waals surface area contributed by atoms with Crippen LogP contribution < -0.4 is 10.6 Å². The first kappa shape index (κ1) is 17.8. The lowest BCUT2D eigenvalue weighted by Crippen LogP contribution is -2.20. The van der Waals surface area contributed by atoms with E-state index in [0.717, 1.165) is 11.8 Å². The van der Waals surface area contributed by atoms with Crippen LogP contribution in [0.4, 0.5) is 5.82 Å². The van der Waals surface area contributed by atoms with Crippen LogP contribution in [0.5, 0.6) is 0 Å². The van der Waals surface area contributed by atoms with E-state index < -0.39 is 11.1 Å². The lowest BCUT2D eigenvalue weighted by molar-refractivity contribution is -0.117. The SMILES string of the molecule is [2H][C@](Sc1nc(N(C)C)c(C#N)c(CC)c1C#N)(C(N)=O)c1ccccc1. The van der Waals surface area contributed by atoms with E-state index in [-0.39, 0.29) is 10.6 Å². The Labute approximate surface area is 158 Å². The predicted octanol–water partition coefficient (Wildman–Crippen LogP) is 2.77. The Morgan fingerprint density at radius 2 is 1.92 bits per heavy atom. The molecule has 0 aliphatic rings. The molecule has 0 aliphatic carbocycles. The Morgan fingerprint density at radius 1 is 1.31 bits per heavy atom. The zero-order valence-electron chi connectivity index (χ0n) is 15.8. The van der Waals surface area contributed by atoms with Crippen LogP contribution in [0.1, 0.15) is 35.8 Å². The standard InChI is InChI=1S/C19H19N5OS/c1-4-13-14(10-20)18(24(2)3)23-19(15(13)11-21)26-16(17(22)25)12-8-6-5-7-9-12/h5-9,16H,4H2,1-3H3,(H2,22,25)/t16-/m1/s1/i16D. The first-order chi connectivity index (χ1) is 12.8. The van der Waals surface area contributed by atoms with E-state index in [0.29, 0.717) is 28.9 Å². The maximum atomic E-state index is 12.2. The van der Waals surface area contributed by atoms with Gasteiger partial charge in [0.05, 0.1) is 12.5 Å². The second-order valence-electron chi connectivity index (χ2n) is 5.60. The van der Waals surface area contributed by atoms with Crippen molar-refractivity contribution in [3.63, 3.8) is 0 Å². The third-order valence-electron chi connectivity index (χ3n) is 3.71. The zero-order valence-corrected chi connectivity index (χ0v) is 15.6. The molecule has 0 spiro atoms. The van der Waals surface area contributed by atoms with E-state index in [1.54, 1.807) is 49.3 Å². The van der Waals surface area contributed by atoms with Crippen molar-refractivity contribution in [2.45, 2.75) is 23.6 Å². The molecule has 0 saturated heterocycles. The minimum Gasteiger partial charge on any atom is -0.368 e. The van der Waals surface area contributed by atoms with E-state index in [1.807, 2.05) is 6.92 Å². The molecule has 0 bridgehead atoms. The largest absolute Gasteiger partial charge is 0.368 e. The summed E-state index contributed by atoms with van der Waals surface area (Å²) in [7, 11) is 3.48. The van der Waals surface area contributed by atoms with Gasteiger partial charge in [0.2, 0.25) is 5.91 Å². The summed E-state index contributed by atoms with van der Waals surface area (Å²) in [6, 6.07) is 12.7. The number of benzene rings is 1. The van der Waals surface area contributed by atoms with Gasteiger partial charge in [-0.3, -0.25) is 4.79 Å². The molecule has 7 heteroatoms. The lowest BCUT2D eigenvalue weighted by Gasteiger charge is -2.20. The Hall–Kier alpha value is -3.03. The monoisotopic (exact) mass is 366 g/mol. The fourth-order valence-corrected chi connectivity index (χ4v) is 3.47. The molecule has 26 heavy (non-hydrogen) atoms. The number of aromatic nitrogens is 1. The van der Waals surface area contributed by atoms with Crippen LogP contribution in [0.2, 0.25) is 0 Å². The predicted molar refractivity (Wildman–Crippen MR) is 102 cm³/mol. The fraction of sp³-hybridized carbons (Fsp3) is 0.263. The molecule has 0 aliphatic heterocycles. The summed E-state index contributed by atoms with van der Waals surface area (Å²) in [4.78, 5) is 18.3. The van der Waals surface area contributed by atoms with Crippen molar-refractivity contribution < 1.29 is 6.17 Å². The molecule has 1 aromatic carbocycles. The first-order valence-corrected chi connectivity index (χ1v) is 8.70. The highest BCUT2D eigenvalue weighted by Gasteiger charge is 2.26. The summed E-state index contributed by atoms with van der Waals surface area (Å²) in [5, 5.41) is 17.6. The van der Waals surface area contributed by atoms with Gasteiger partial charge >= 0.3 is 0 Å². The Balaban J connectivity index is 2.74.